The van der Waals surface area contributed by atoms with Gasteiger partial charge >= 0.3 is 6.18 Å². The molecule has 1 aromatic carbocycles. The van der Waals surface area contributed by atoms with Gasteiger partial charge in [0.2, 0.25) is 0 Å². The molecule has 2 heterocycles. The number of hydrazone groups is 1. The van der Waals surface area contributed by atoms with E-state index in [1.165, 1.54) is 30.5 Å². The van der Waals surface area contributed by atoms with E-state index in [1.807, 2.05) is 0 Å². The maximum atomic E-state index is 12.5. The molecule has 150 valence electrons. The maximum Gasteiger partial charge on any atom is 0.417 e. The number of furan rings is 1. The SMILES string of the molecule is O=[N+]([O-])c1cc(-c2ccc(/C=N\Nc3ccc(C(F)(F)F)cn3)o2)c(Cl)cc1Cl. The molecule has 1 N–H and O–H groups in total. The lowest BCUT2D eigenvalue weighted by Gasteiger charge is -2.06. The predicted molar refractivity (Wildman–Crippen MR) is 101 cm³/mol. The summed E-state index contributed by atoms with van der Waals surface area (Å²) in [6.45, 7) is 0. The van der Waals surface area contributed by atoms with Crippen molar-refractivity contribution in [1.29, 1.82) is 0 Å². The number of rotatable bonds is 5. The highest BCUT2D eigenvalue weighted by molar-refractivity contribution is 6.37. The molecule has 0 aliphatic heterocycles. The van der Waals surface area contributed by atoms with Gasteiger partial charge in [0.15, 0.2) is 0 Å². The van der Waals surface area contributed by atoms with E-state index >= 15 is 0 Å². The Labute approximate surface area is 170 Å². The number of hydrogen-bond donors (Lipinski definition) is 1. The molecule has 7 nitrogen and oxygen atoms in total. The predicted octanol–water partition coefficient (Wildman–Crippen LogP) is 6.02. The third kappa shape index (κ3) is 4.84. The van der Waals surface area contributed by atoms with Gasteiger partial charge in [0.1, 0.15) is 22.4 Å². The van der Waals surface area contributed by atoms with E-state index in [0.717, 1.165) is 12.1 Å². The van der Waals surface area contributed by atoms with Crippen LogP contribution in [0.1, 0.15) is 11.3 Å². The van der Waals surface area contributed by atoms with Crippen molar-refractivity contribution >= 4 is 40.9 Å². The van der Waals surface area contributed by atoms with Crippen molar-refractivity contribution in [3.05, 3.63) is 74.1 Å². The molecule has 0 aliphatic rings. The minimum Gasteiger partial charge on any atom is -0.455 e. The van der Waals surface area contributed by atoms with Crippen LogP contribution in [-0.4, -0.2) is 16.1 Å². The smallest absolute Gasteiger partial charge is 0.417 e. The number of hydrogen-bond acceptors (Lipinski definition) is 6. The molecule has 0 fully saturated rings. The molecule has 0 atom stereocenters. The number of nitro benzene ring substituents is 1. The monoisotopic (exact) mass is 444 g/mol. The first-order chi connectivity index (χ1) is 13.6. The molecule has 3 aromatic rings. The Bertz CT molecular complexity index is 1080. The van der Waals surface area contributed by atoms with Crippen molar-refractivity contribution in [3.8, 4) is 11.3 Å². The number of anilines is 1. The normalized spacial score (nSPS) is 11.8. The van der Waals surface area contributed by atoms with Gasteiger partial charge in [0.05, 0.1) is 21.7 Å². The molecule has 2 aromatic heterocycles. The summed E-state index contributed by atoms with van der Waals surface area (Å²) in [5, 5.41) is 14.9. The third-order valence-electron chi connectivity index (χ3n) is 3.59. The highest BCUT2D eigenvalue weighted by Gasteiger charge is 2.30. The molecule has 0 bridgehead atoms. The van der Waals surface area contributed by atoms with Crippen LogP contribution in [-0.2, 0) is 6.18 Å². The van der Waals surface area contributed by atoms with Crippen LogP contribution in [0, 0.1) is 10.1 Å². The number of alkyl halides is 3. The first-order valence-corrected chi connectivity index (χ1v) is 8.46. The van der Waals surface area contributed by atoms with Crippen LogP contribution in [0.25, 0.3) is 11.3 Å². The summed E-state index contributed by atoms with van der Waals surface area (Å²) in [6.07, 6.45) is -2.54. The van der Waals surface area contributed by atoms with Crippen molar-refractivity contribution in [2.24, 2.45) is 5.10 Å². The summed E-state index contributed by atoms with van der Waals surface area (Å²) in [5.41, 5.74) is 1.52. The average Bonchev–Trinajstić information content (AvgIpc) is 3.09. The number of pyridine rings is 1. The standard InChI is InChI=1S/C17H9Cl2F3N4O3/c18-12-6-13(19)14(26(27)28)5-11(12)15-3-2-10(29-15)8-24-25-16-4-1-9(7-23-16)17(20,21)22/h1-8H,(H,23,25)/b24-8-. The molecular formula is C17H9Cl2F3N4O3. The fourth-order valence-corrected chi connectivity index (χ4v) is 2.77. The Morgan fingerprint density at radius 3 is 2.55 bits per heavy atom. The quantitative estimate of drug-likeness (QED) is 0.295. The summed E-state index contributed by atoms with van der Waals surface area (Å²) >= 11 is 11.9. The minimum absolute atomic E-state index is 0.0948. The lowest BCUT2D eigenvalue weighted by Crippen LogP contribution is -2.05. The van der Waals surface area contributed by atoms with Crippen LogP contribution in [0.2, 0.25) is 10.0 Å². The number of halogens is 5. The van der Waals surface area contributed by atoms with Crippen LogP contribution < -0.4 is 5.43 Å². The van der Waals surface area contributed by atoms with E-state index in [0.29, 0.717) is 6.20 Å². The van der Waals surface area contributed by atoms with Crippen molar-refractivity contribution in [2.45, 2.75) is 6.18 Å². The van der Waals surface area contributed by atoms with E-state index in [2.05, 4.69) is 15.5 Å². The van der Waals surface area contributed by atoms with E-state index in [1.54, 1.807) is 0 Å². The van der Waals surface area contributed by atoms with E-state index in [-0.39, 0.29) is 38.6 Å². The molecule has 0 radical (unpaired) electrons. The molecule has 0 spiro atoms. The first-order valence-electron chi connectivity index (χ1n) is 7.71. The molecule has 3 rings (SSSR count). The van der Waals surface area contributed by atoms with Crippen molar-refractivity contribution in [3.63, 3.8) is 0 Å². The average molecular weight is 445 g/mol. The molecule has 0 amide bonds. The van der Waals surface area contributed by atoms with Gasteiger partial charge in [-0.05, 0) is 30.3 Å². The van der Waals surface area contributed by atoms with Gasteiger partial charge in [-0.15, -0.1) is 0 Å². The molecule has 12 heteroatoms. The summed E-state index contributed by atoms with van der Waals surface area (Å²) in [6, 6.07) is 7.47. The third-order valence-corrected chi connectivity index (χ3v) is 4.20. The van der Waals surface area contributed by atoms with Gasteiger partial charge in [-0.1, -0.05) is 23.2 Å². The lowest BCUT2D eigenvalue weighted by atomic mass is 10.1. The van der Waals surface area contributed by atoms with E-state index < -0.39 is 16.7 Å². The summed E-state index contributed by atoms with van der Waals surface area (Å²) in [5.74, 6) is 0.592. The highest BCUT2D eigenvalue weighted by atomic mass is 35.5. The van der Waals surface area contributed by atoms with Crippen molar-refractivity contribution < 1.29 is 22.5 Å². The Morgan fingerprint density at radius 1 is 1.17 bits per heavy atom. The second kappa shape index (κ2) is 8.10. The Morgan fingerprint density at radius 2 is 1.93 bits per heavy atom. The molecule has 0 saturated carbocycles. The van der Waals surface area contributed by atoms with Gasteiger partial charge in [-0.3, -0.25) is 15.5 Å². The second-order valence-electron chi connectivity index (χ2n) is 5.54. The van der Waals surface area contributed by atoms with Crippen molar-refractivity contribution in [1.82, 2.24) is 4.98 Å². The van der Waals surface area contributed by atoms with Crippen molar-refractivity contribution in [2.75, 3.05) is 5.43 Å². The molecule has 0 saturated heterocycles. The van der Waals surface area contributed by atoms with Gasteiger partial charge in [0.25, 0.3) is 5.69 Å². The van der Waals surface area contributed by atoms with Crippen LogP contribution in [0.15, 0.2) is 52.1 Å². The maximum absolute atomic E-state index is 12.5. The zero-order chi connectivity index (χ0) is 21.2. The number of nitrogens with zero attached hydrogens (tertiary/aromatic N) is 3. The molecular weight excluding hydrogens is 436 g/mol. The minimum atomic E-state index is -4.47. The van der Waals surface area contributed by atoms with Crippen LogP contribution in [0.4, 0.5) is 24.7 Å². The molecule has 0 unspecified atom stereocenters. The molecule has 0 aliphatic carbocycles. The second-order valence-corrected chi connectivity index (χ2v) is 6.36. The van der Waals surface area contributed by atoms with Crippen LogP contribution in [0.5, 0.6) is 0 Å². The number of aromatic nitrogens is 1. The number of nitro groups is 1. The fraction of sp³-hybridized carbons (Fsp3) is 0.0588. The van der Waals surface area contributed by atoms with Gasteiger partial charge in [0, 0.05) is 17.8 Å². The topological polar surface area (TPSA) is 93.6 Å². The number of nitrogens with one attached hydrogen (secondary N) is 1. The number of benzene rings is 1. The lowest BCUT2D eigenvalue weighted by molar-refractivity contribution is -0.384. The van der Waals surface area contributed by atoms with Gasteiger partial charge in [-0.25, -0.2) is 4.98 Å². The first kappa shape index (κ1) is 20.6. The van der Waals surface area contributed by atoms with Crippen LogP contribution in [0.3, 0.4) is 0 Å². The van der Waals surface area contributed by atoms with Gasteiger partial charge in [-0.2, -0.15) is 18.3 Å². The Kier molecular flexibility index (Phi) is 5.76. The molecule has 29 heavy (non-hydrogen) atoms. The van der Waals surface area contributed by atoms with E-state index in [9.17, 15) is 23.3 Å². The summed E-state index contributed by atoms with van der Waals surface area (Å²) in [7, 11) is 0. The van der Waals surface area contributed by atoms with E-state index in [4.69, 9.17) is 27.6 Å². The Hall–Kier alpha value is -3.11. The zero-order valence-electron chi connectivity index (χ0n) is 14.1. The van der Waals surface area contributed by atoms with Crippen LogP contribution >= 0.6 is 23.2 Å². The fourth-order valence-electron chi connectivity index (χ4n) is 2.22. The zero-order valence-corrected chi connectivity index (χ0v) is 15.6. The summed E-state index contributed by atoms with van der Waals surface area (Å²) < 4.78 is 43.0. The van der Waals surface area contributed by atoms with Gasteiger partial charge < -0.3 is 4.42 Å². The summed E-state index contributed by atoms with van der Waals surface area (Å²) in [4.78, 5) is 14.0. The Balaban J connectivity index is 1.74. The largest absolute Gasteiger partial charge is 0.455 e. The highest BCUT2D eigenvalue weighted by Crippen LogP contribution is 2.37.